The number of hydrogen-bond donors (Lipinski definition) is 1. The standard InChI is InChI=1S/C16H14N2O2/c1-20-13-7-8-14-12(9-13)10-15(17-14)16(18-19)11-5-3-2-4-6-11/h2-10,16-17H,1H3. The number of benzene rings is 2. The van der Waals surface area contributed by atoms with Gasteiger partial charge >= 0.3 is 0 Å². The zero-order valence-electron chi connectivity index (χ0n) is 11.0. The molecule has 0 aliphatic carbocycles. The lowest BCUT2D eigenvalue weighted by atomic mass is 10.0. The highest BCUT2D eigenvalue weighted by Gasteiger charge is 2.16. The van der Waals surface area contributed by atoms with Gasteiger partial charge in [0.25, 0.3) is 0 Å². The minimum Gasteiger partial charge on any atom is -0.497 e. The lowest BCUT2D eigenvalue weighted by Crippen LogP contribution is -1.96. The van der Waals surface area contributed by atoms with Crippen molar-refractivity contribution in [3.63, 3.8) is 0 Å². The predicted octanol–water partition coefficient (Wildman–Crippen LogP) is 4.03. The monoisotopic (exact) mass is 266 g/mol. The highest BCUT2D eigenvalue weighted by Crippen LogP contribution is 2.29. The summed E-state index contributed by atoms with van der Waals surface area (Å²) in [6.07, 6.45) is 0. The Bertz CT molecular complexity index is 735. The zero-order valence-corrected chi connectivity index (χ0v) is 11.0. The van der Waals surface area contributed by atoms with Crippen molar-refractivity contribution in [1.82, 2.24) is 4.98 Å². The van der Waals surface area contributed by atoms with Gasteiger partial charge in [0, 0.05) is 16.6 Å². The summed E-state index contributed by atoms with van der Waals surface area (Å²) in [6, 6.07) is 16.7. The van der Waals surface area contributed by atoms with Gasteiger partial charge in [-0.2, -0.15) is 0 Å². The van der Waals surface area contributed by atoms with Gasteiger partial charge in [-0.3, -0.25) is 0 Å². The number of methoxy groups -OCH3 is 1. The molecule has 4 heteroatoms. The van der Waals surface area contributed by atoms with Crippen LogP contribution < -0.4 is 4.74 Å². The van der Waals surface area contributed by atoms with Crippen LogP contribution >= 0.6 is 0 Å². The van der Waals surface area contributed by atoms with Crippen LogP contribution in [0.4, 0.5) is 0 Å². The van der Waals surface area contributed by atoms with Gasteiger partial charge in [-0.25, -0.2) is 0 Å². The highest BCUT2D eigenvalue weighted by molar-refractivity contribution is 5.82. The molecule has 4 nitrogen and oxygen atoms in total. The first-order chi connectivity index (χ1) is 9.81. The normalized spacial score (nSPS) is 12.2. The fraction of sp³-hybridized carbons (Fsp3) is 0.125. The molecule has 1 atom stereocenters. The van der Waals surface area contributed by atoms with E-state index in [0.29, 0.717) is 0 Å². The molecule has 2 aromatic carbocycles. The maximum absolute atomic E-state index is 11.2. The minimum absolute atomic E-state index is 0.519. The summed E-state index contributed by atoms with van der Waals surface area (Å²) in [5.41, 5.74) is 2.63. The summed E-state index contributed by atoms with van der Waals surface area (Å²) >= 11 is 0. The lowest BCUT2D eigenvalue weighted by Gasteiger charge is -2.06. The first kappa shape index (κ1) is 12.4. The molecule has 0 amide bonds. The van der Waals surface area contributed by atoms with Crippen LogP contribution in [0.1, 0.15) is 17.3 Å². The van der Waals surface area contributed by atoms with Gasteiger partial charge in [-0.1, -0.05) is 35.5 Å². The van der Waals surface area contributed by atoms with Gasteiger partial charge in [-0.05, 0) is 29.8 Å². The third-order valence-corrected chi connectivity index (χ3v) is 3.36. The second kappa shape index (κ2) is 5.17. The molecule has 1 unspecified atom stereocenters. The topological polar surface area (TPSA) is 54.4 Å². The summed E-state index contributed by atoms with van der Waals surface area (Å²) in [4.78, 5) is 14.5. The molecule has 0 bridgehead atoms. The summed E-state index contributed by atoms with van der Waals surface area (Å²) in [5.74, 6) is 0.790. The number of ether oxygens (including phenoxy) is 1. The van der Waals surface area contributed by atoms with E-state index in [-0.39, 0.29) is 0 Å². The molecule has 100 valence electrons. The second-order valence-corrected chi connectivity index (χ2v) is 4.60. The average molecular weight is 266 g/mol. The van der Waals surface area contributed by atoms with Crippen LogP contribution in [0, 0.1) is 4.91 Å². The molecule has 0 saturated carbocycles. The van der Waals surface area contributed by atoms with Crippen molar-refractivity contribution in [3.05, 3.63) is 70.8 Å². The highest BCUT2D eigenvalue weighted by atomic mass is 16.5. The molecule has 1 aromatic heterocycles. The molecule has 3 aromatic rings. The van der Waals surface area contributed by atoms with Crippen LogP contribution in [0.15, 0.2) is 59.8 Å². The zero-order chi connectivity index (χ0) is 13.9. The van der Waals surface area contributed by atoms with Crippen LogP contribution in [0.5, 0.6) is 5.75 Å². The van der Waals surface area contributed by atoms with Crippen molar-refractivity contribution >= 4 is 10.9 Å². The number of aromatic amines is 1. The van der Waals surface area contributed by atoms with E-state index >= 15 is 0 Å². The van der Waals surface area contributed by atoms with E-state index in [1.807, 2.05) is 54.6 Å². The minimum atomic E-state index is -0.519. The van der Waals surface area contributed by atoms with E-state index < -0.39 is 6.04 Å². The average Bonchev–Trinajstić information content (AvgIpc) is 2.91. The Labute approximate surface area is 116 Å². The molecule has 0 aliphatic heterocycles. The van der Waals surface area contributed by atoms with Crippen molar-refractivity contribution in [2.45, 2.75) is 6.04 Å². The summed E-state index contributed by atoms with van der Waals surface area (Å²) in [7, 11) is 1.63. The Morgan fingerprint density at radius 2 is 1.90 bits per heavy atom. The molecule has 0 fully saturated rings. The second-order valence-electron chi connectivity index (χ2n) is 4.60. The smallest absolute Gasteiger partial charge is 0.157 e. The third-order valence-electron chi connectivity index (χ3n) is 3.36. The summed E-state index contributed by atoms with van der Waals surface area (Å²) < 4.78 is 5.20. The molecule has 0 spiro atoms. The number of H-pyrrole nitrogens is 1. The van der Waals surface area contributed by atoms with E-state index in [0.717, 1.165) is 27.9 Å². The van der Waals surface area contributed by atoms with E-state index in [2.05, 4.69) is 10.2 Å². The Balaban J connectivity index is 2.06. The quantitative estimate of drug-likeness (QED) is 0.725. The largest absolute Gasteiger partial charge is 0.497 e. The van der Waals surface area contributed by atoms with E-state index in [1.165, 1.54) is 0 Å². The predicted molar refractivity (Wildman–Crippen MR) is 78.9 cm³/mol. The van der Waals surface area contributed by atoms with Crippen molar-refractivity contribution < 1.29 is 4.74 Å². The maximum Gasteiger partial charge on any atom is 0.157 e. The fourth-order valence-electron chi connectivity index (χ4n) is 2.34. The molecule has 0 saturated heterocycles. The molecule has 1 N–H and O–H groups in total. The number of nitroso groups, excluding NO2 is 1. The van der Waals surface area contributed by atoms with Crippen LogP contribution in [-0.2, 0) is 0 Å². The van der Waals surface area contributed by atoms with E-state index in [4.69, 9.17) is 4.74 Å². The van der Waals surface area contributed by atoms with E-state index in [1.54, 1.807) is 7.11 Å². The van der Waals surface area contributed by atoms with Crippen molar-refractivity contribution in [2.24, 2.45) is 5.18 Å². The van der Waals surface area contributed by atoms with Crippen LogP contribution in [0.25, 0.3) is 10.9 Å². The molecular formula is C16H14N2O2. The van der Waals surface area contributed by atoms with Gasteiger partial charge < -0.3 is 9.72 Å². The Morgan fingerprint density at radius 3 is 2.60 bits per heavy atom. The molecule has 3 rings (SSSR count). The van der Waals surface area contributed by atoms with Crippen molar-refractivity contribution in [1.29, 1.82) is 0 Å². The van der Waals surface area contributed by atoms with Gasteiger partial charge in [0.1, 0.15) is 5.75 Å². The Morgan fingerprint density at radius 1 is 1.10 bits per heavy atom. The summed E-state index contributed by atoms with van der Waals surface area (Å²) in [6.45, 7) is 0. The van der Waals surface area contributed by atoms with Crippen molar-refractivity contribution in [2.75, 3.05) is 7.11 Å². The summed E-state index contributed by atoms with van der Waals surface area (Å²) in [5, 5.41) is 4.26. The third kappa shape index (κ3) is 2.16. The molecule has 1 heterocycles. The Hall–Kier alpha value is -2.62. The van der Waals surface area contributed by atoms with Gasteiger partial charge in [0.2, 0.25) is 0 Å². The molecule has 0 aliphatic rings. The first-order valence-corrected chi connectivity index (χ1v) is 6.36. The number of rotatable bonds is 4. The number of nitrogens with one attached hydrogen (secondary N) is 1. The SMILES string of the molecule is COc1ccc2[nH]c(C(N=O)c3ccccc3)cc2c1. The lowest BCUT2D eigenvalue weighted by molar-refractivity contribution is 0.415. The Kier molecular flexibility index (Phi) is 3.21. The fourth-order valence-corrected chi connectivity index (χ4v) is 2.34. The van der Waals surface area contributed by atoms with Gasteiger partial charge in [0.05, 0.1) is 7.11 Å². The number of hydrogen-bond acceptors (Lipinski definition) is 3. The molecule has 20 heavy (non-hydrogen) atoms. The number of fused-ring (bicyclic) bond motifs is 1. The van der Waals surface area contributed by atoms with E-state index in [9.17, 15) is 4.91 Å². The van der Waals surface area contributed by atoms with Crippen LogP contribution in [0.3, 0.4) is 0 Å². The number of nitrogens with zero attached hydrogens (tertiary/aromatic N) is 1. The van der Waals surface area contributed by atoms with Crippen LogP contribution in [0.2, 0.25) is 0 Å². The maximum atomic E-state index is 11.2. The van der Waals surface area contributed by atoms with Gasteiger partial charge in [0.15, 0.2) is 6.04 Å². The van der Waals surface area contributed by atoms with Gasteiger partial charge in [-0.15, -0.1) is 4.91 Å². The number of aromatic nitrogens is 1. The molecular weight excluding hydrogens is 252 g/mol. The van der Waals surface area contributed by atoms with Crippen LogP contribution in [-0.4, -0.2) is 12.1 Å². The molecule has 0 radical (unpaired) electrons. The van der Waals surface area contributed by atoms with Crippen molar-refractivity contribution in [3.8, 4) is 5.75 Å². The first-order valence-electron chi connectivity index (χ1n) is 6.36.